The lowest BCUT2D eigenvalue weighted by atomic mass is 10.1. The topological polar surface area (TPSA) is 96.4 Å². The van der Waals surface area contributed by atoms with Crippen molar-refractivity contribution in [2.45, 2.75) is 11.3 Å². The van der Waals surface area contributed by atoms with Gasteiger partial charge in [-0.25, -0.2) is 8.42 Å². The van der Waals surface area contributed by atoms with Gasteiger partial charge < -0.3 is 15.4 Å². The number of nitrogen functional groups attached to an aromatic ring is 1. The van der Waals surface area contributed by atoms with Gasteiger partial charge >= 0.3 is 0 Å². The molecule has 0 radical (unpaired) electrons. The Kier molecular flexibility index (Phi) is 4.22. The fourth-order valence-electron chi connectivity index (χ4n) is 2.45. The minimum atomic E-state index is -3.46. The first-order valence-electron chi connectivity index (χ1n) is 6.14. The van der Waals surface area contributed by atoms with Gasteiger partial charge in [0.2, 0.25) is 0 Å². The molecule has 20 heavy (non-hydrogen) atoms. The number of ether oxygens (including phenoxy) is 1. The molecule has 1 aliphatic rings. The Balaban J connectivity index is 2.41. The molecule has 0 saturated carbocycles. The van der Waals surface area contributed by atoms with E-state index in [1.165, 1.54) is 0 Å². The third-order valence-corrected chi connectivity index (χ3v) is 5.79. The van der Waals surface area contributed by atoms with E-state index < -0.39 is 9.84 Å². The van der Waals surface area contributed by atoms with Crippen LogP contribution in [0.15, 0.2) is 4.90 Å². The summed E-state index contributed by atoms with van der Waals surface area (Å²) in [4.78, 5) is 2.34. The van der Waals surface area contributed by atoms with Crippen molar-refractivity contribution in [3.8, 4) is 6.07 Å². The van der Waals surface area contributed by atoms with Gasteiger partial charge in [-0.15, -0.1) is 11.3 Å². The molecule has 2 N–H and O–H groups in total. The second-order valence-electron chi connectivity index (χ2n) is 4.92. The number of nitriles is 1. The Bertz CT molecular complexity index is 646. The Morgan fingerprint density at radius 3 is 2.85 bits per heavy atom. The molecule has 1 aromatic rings. The van der Waals surface area contributed by atoms with Crippen molar-refractivity contribution in [3.05, 3.63) is 4.88 Å². The maximum Gasteiger partial charge on any atom is 0.180 e. The molecule has 0 bridgehead atoms. The van der Waals surface area contributed by atoms with Gasteiger partial charge in [-0.3, -0.25) is 0 Å². The van der Waals surface area contributed by atoms with Crippen molar-refractivity contribution in [1.82, 2.24) is 0 Å². The number of rotatable bonds is 4. The summed E-state index contributed by atoms with van der Waals surface area (Å²) in [6, 6.07) is 1.97. The number of methoxy groups -OCH3 is 1. The van der Waals surface area contributed by atoms with Gasteiger partial charge in [-0.2, -0.15) is 5.26 Å². The van der Waals surface area contributed by atoms with E-state index in [1.54, 1.807) is 7.11 Å². The van der Waals surface area contributed by atoms with Crippen LogP contribution in [0.1, 0.15) is 11.3 Å². The lowest BCUT2D eigenvalue weighted by Crippen LogP contribution is -2.21. The van der Waals surface area contributed by atoms with Crippen molar-refractivity contribution in [2.75, 3.05) is 43.7 Å². The summed E-state index contributed by atoms with van der Waals surface area (Å²) < 4.78 is 29.0. The highest BCUT2D eigenvalue weighted by Crippen LogP contribution is 2.42. The van der Waals surface area contributed by atoms with Crippen LogP contribution in [0.3, 0.4) is 0 Å². The number of nitrogens with zero attached hydrogens (tertiary/aromatic N) is 2. The molecule has 1 saturated heterocycles. The Labute approximate surface area is 122 Å². The summed E-state index contributed by atoms with van der Waals surface area (Å²) in [5.41, 5.74) is 5.89. The molecule has 1 atom stereocenters. The number of hydrogen-bond donors (Lipinski definition) is 1. The zero-order chi connectivity index (χ0) is 14.9. The first kappa shape index (κ1) is 15.1. The predicted molar refractivity (Wildman–Crippen MR) is 78.8 cm³/mol. The standard InChI is InChI=1S/C12H17N3O3S2/c1-18-7-8-3-4-15(6-8)12-11(20(2,16)17)10(14)9(5-13)19-12/h8H,3-4,6-7,14H2,1-2H3. The number of nitrogens with two attached hydrogens (primary N) is 1. The number of sulfone groups is 1. The van der Waals surface area contributed by atoms with Gasteiger partial charge in [-0.05, 0) is 6.42 Å². The molecule has 110 valence electrons. The van der Waals surface area contributed by atoms with Crippen LogP contribution < -0.4 is 10.6 Å². The SMILES string of the molecule is COCC1CCN(c2sc(C#N)c(N)c2S(C)(=O)=O)C1. The third kappa shape index (κ3) is 2.75. The highest BCUT2D eigenvalue weighted by molar-refractivity contribution is 7.91. The normalized spacial score (nSPS) is 19.2. The summed E-state index contributed by atoms with van der Waals surface area (Å²) in [5.74, 6) is 0.376. The highest BCUT2D eigenvalue weighted by atomic mass is 32.2. The van der Waals surface area contributed by atoms with Crippen molar-refractivity contribution < 1.29 is 13.2 Å². The molecule has 2 heterocycles. The second-order valence-corrected chi connectivity index (χ2v) is 7.87. The number of thiophene rings is 1. The van der Waals surface area contributed by atoms with Crippen LogP contribution in [0, 0.1) is 17.2 Å². The van der Waals surface area contributed by atoms with E-state index in [1.807, 2.05) is 11.0 Å². The van der Waals surface area contributed by atoms with E-state index in [9.17, 15) is 8.42 Å². The zero-order valence-corrected chi connectivity index (χ0v) is 13.1. The molecule has 2 rings (SSSR count). The van der Waals surface area contributed by atoms with E-state index in [-0.39, 0.29) is 15.5 Å². The van der Waals surface area contributed by atoms with Crippen molar-refractivity contribution in [3.63, 3.8) is 0 Å². The van der Waals surface area contributed by atoms with Gasteiger partial charge in [0, 0.05) is 32.4 Å². The second kappa shape index (κ2) is 5.60. The van der Waals surface area contributed by atoms with Gasteiger partial charge in [-0.1, -0.05) is 0 Å². The first-order chi connectivity index (χ1) is 9.38. The summed E-state index contributed by atoms with van der Waals surface area (Å²) in [6.45, 7) is 2.12. The molecule has 0 spiro atoms. The molecule has 1 fully saturated rings. The summed E-state index contributed by atoms with van der Waals surface area (Å²) in [6.07, 6.45) is 2.06. The van der Waals surface area contributed by atoms with E-state index >= 15 is 0 Å². The molecule has 6 nitrogen and oxygen atoms in total. The molecule has 8 heteroatoms. The molecule has 1 aliphatic heterocycles. The molecule has 0 aliphatic carbocycles. The van der Waals surface area contributed by atoms with Crippen LogP contribution in [0.2, 0.25) is 0 Å². The molecular weight excluding hydrogens is 298 g/mol. The van der Waals surface area contributed by atoms with Gasteiger partial charge in [0.05, 0.1) is 12.3 Å². The van der Waals surface area contributed by atoms with Gasteiger partial charge in [0.25, 0.3) is 0 Å². The van der Waals surface area contributed by atoms with Gasteiger partial charge in [0.1, 0.15) is 20.8 Å². The fraction of sp³-hybridized carbons (Fsp3) is 0.583. The maximum absolute atomic E-state index is 11.9. The Morgan fingerprint density at radius 1 is 1.60 bits per heavy atom. The van der Waals surface area contributed by atoms with Crippen LogP contribution in [-0.2, 0) is 14.6 Å². The number of hydrogen-bond acceptors (Lipinski definition) is 7. The van der Waals surface area contributed by atoms with E-state index in [4.69, 9.17) is 15.7 Å². The van der Waals surface area contributed by atoms with E-state index in [0.29, 0.717) is 17.5 Å². The molecule has 1 aromatic heterocycles. The first-order valence-corrected chi connectivity index (χ1v) is 8.85. The lowest BCUT2D eigenvalue weighted by Gasteiger charge is -2.18. The van der Waals surface area contributed by atoms with Crippen LogP contribution in [-0.4, -0.2) is 41.5 Å². The molecule has 0 amide bonds. The summed E-state index contributed by atoms with van der Waals surface area (Å²) in [7, 11) is -1.80. The van der Waals surface area contributed by atoms with E-state index in [2.05, 4.69) is 0 Å². The predicted octanol–water partition coefficient (Wildman–Crippen LogP) is 1.08. The minimum absolute atomic E-state index is 0.0743. The van der Waals surface area contributed by atoms with Crippen molar-refractivity contribution in [2.24, 2.45) is 5.92 Å². The van der Waals surface area contributed by atoms with Crippen molar-refractivity contribution in [1.29, 1.82) is 5.26 Å². The largest absolute Gasteiger partial charge is 0.396 e. The van der Waals surface area contributed by atoms with Crippen molar-refractivity contribution >= 4 is 31.9 Å². The summed E-state index contributed by atoms with van der Waals surface area (Å²) >= 11 is 1.15. The smallest absolute Gasteiger partial charge is 0.180 e. The van der Waals surface area contributed by atoms with Gasteiger partial charge in [0.15, 0.2) is 9.84 Å². The molecular formula is C12H17N3O3S2. The van der Waals surface area contributed by atoms with E-state index in [0.717, 1.165) is 37.1 Å². The Hall–Kier alpha value is -1.30. The Morgan fingerprint density at radius 2 is 2.30 bits per heavy atom. The number of anilines is 2. The van der Waals surface area contributed by atoms with Crippen LogP contribution in [0.5, 0.6) is 0 Å². The quantitative estimate of drug-likeness (QED) is 0.893. The third-order valence-electron chi connectivity index (χ3n) is 3.33. The average Bonchev–Trinajstić information content (AvgIpc) is 2.93. The lowest BCUT2D eigenvalue weighted by molar-refractivity contribution is 0.161. The fourth-order valence-corrected chi connectivity index (χ4v) is 4.99. The minimum Gasteiger partial charge on any atom is -0.396 e. The summed E-state index contributed by atoms with van der Waals surface area (Å²) in [5, 5.41) is 9.63. The zero-order valence-electron chi connectivity index (χ0n) is 11.4. The van der Waals surface area contributed by atoms with Crippen LogP contribution >= 0.6 is 11.3 Å². The molecule has 0 aromatic carbocycles. The molecule has 1 unspecified atom stereocenters. The highest BCUT2D eigenvalue weighted by Gasteiger charge is 2.31. The monoisotopic (exact) mass is 315 g/mol. The van der Waals surface area contributed by atoms with Crippen LogP contribution in [0.4, 0.5) is 10.7 Å². The average molecular weight is 315 g/mol. The van der Waals surface area contributed by atoms with Crippen LogP contribution in [0.25, 0.3) is 0 Å². The maximum atomic E-state index is 11.9.